The van der Waals surface area contributed by atoms with E-state index in [1.807, 2.05) is 36.4 Å². The second-order valence-electron chi connectivity index (χ2n) is 8.59. The van der Waals surface area contributed by atoms with Gasteiger partial charge in [-0.25, -0.2) is 9.59 Å². The molecule has 0 heterocycles. The quantitative estimate of drug-likeness (QED) is 0.420. The Balaban J connectivity index is 1.44. The molecule has 2 aromatic rings. The number of carboxylic acids is 1. The maximum absolute atomic E-state index is 12.3. The summed E-state index contributed by atoms with van der Waals surface area (Å²) < 4.78 is 9.98. The van der Waals surface area contributed by atoms with Gasteiger partial charge in [0, 0.05) is 25.3 Å². The molecule has 0 spiro atoms. The summed E-state index contributed by atoms with van der Waals surface area (Å²) in [6.45, 7) is 2.13. The van der Waals surface area contributed by atoms with Crippen molar-refractivity contribution < 1.29 is 33.8 Å². The molecular weight excluding hydrogens is 452 g/mol. The number of carbonyl (C=O) groups is 4. The molecule has 186 valence electrons. The highest BCUT2D eigenvalue weighted by Gasteiger charge is 2.29. The van der Waals surface area contributed by atoms with E-state index in [9.17, 15) is 24.3 Å². The van der Waals surface area contributed by atoms with Crippen LogP contribution in [0.4, 0.5) is 4.79 Å². The molecule has 9 nitrogen and oxygen atoms in total. The van der Waals surface area contributed by atoms with Gasteiger partial charge in [-0.05, 0) is 34.6 Å². The number of hydrogen-bond acceptors (Lipinski definition) is 6. The first-order chi connectivity index (χ1) is 16.8. The third kappa shape index (κ3) is 6.81. The van der Waals surface area contributed by atoms with Gasteiger partial charge in [0.25, 0.3) is 0 Å². The van der Waals surface area contributed by atoms with E-state index in [2.05, 4.69) is 27.5 Å². The molecule has 35 heavy (non-hydrogen) atoms. The van der Waals surface area contributed by atoms with Crippen LogP contribution in [-0.2, 0) is 23.9 Å². The Morgan fingerprint density at radius 3 is 2.17 bits per heavy atom. The second kappa shape index (κ2) is 12.0. The number of rotatable bonds is 11. The predicted molar refractivity (Wildman–Crippen MR) is 128 cm³/mol. The van der Waals surface area contributed by atoms with E-state index in [4.69, 9.17) is 4.74 Å². The monoisotopic (exact) mass is 482 g/mol. The SMILES string of the molecule is COC(=O)CC[C@H](NC(=O)CC(C)CNC(=O)OCC1c2ccccc2-c2ccccc21)C(=O)O. The van der Waals surface area contributed by atoms with Crippen molar-refractivity contribution in [2.45, 2.75) is 38.1 Å². The summed E-state index contributed by atoms with van der Waals surface area (Å²) in [7, 11) is 1.21. The summed E-state index contributed by atoms with van der Waals surface area (Å²) in [5, 5.41) is 14.3. The lowest BCUT2D eigenvalue weighted by molar-refractivity contribution is -0.144. The molecule has 2 aromatic carbocycles. The molecule has 1 unspecified atom stereocenters. The van der Waals surface area contributed by atoms with E-state index >= 15 is 0 Å². The van der Waals surface area contributed by atoms with Crippen LogP contribution in [0, 0.1) is 5.92 Å². The van der Waals surface area contributed by atoms with E-state index in [0.29, 0.717) is 0 Å². The van der Waals surface area contributed by atoms with Crippen LogP contribution >= 0.6 is 0 Å². The van der Waals surface area contributed by atoms with Gasteiger partial charge in [-0.2, -0.15) is 0 Å². The third-order valence-electron chi connectivity index (χ3n) is 5.97. The Kier molecular flexibility index (Phi) is 8.83. The van der Waals surface area contributed by atoms with Gasteiger partial charge in [0.2, 0.25) is 5.91 Å². The maximum atomic E-state index is 12.3. The summed E-state index contributed by atoms with van der Waals surface area (Å²) in [6, 6.07) is 14.9. The van der Waals surface area contributed by atoms with Gasteiger partial charge in [0.05, 0.1) is 7.11 Å². The fourth-order valence-corrected chi connectivity index (χ4v) is 4.17. The fraction of sp³-hybridized carbons (Fsp3) is 0.385. The summed E-state index contributed by atoms with van der Waals surface area (Å²) in [6.07, 6.45) is -0.765. The molecule has 1 aliphatic carbocycles. The summed E-state index contributed by atoms with van der Waals surface area (Å²) >= 11 is 0. The normalized spacial score (nSPS) is 13.7. The number of carbonyl (C=O) groups excluding carboxylic acids is 3. The molecule has 2 amide bonds. The van der Waals surface area contributed by atoms with Crippen molar-refractivity contribution in [2.75, 3.05) is 20.3 Å². The summed E-state index contributed by atoms with van der Waals surface area (Å²) in [5.41, 5.74) is 4.52. The average Bonchev–Trinajstić information content (AvgIpc) is 3.17. The third-order valence-corrected chi connectivity index (χ3v) is 5.97. The van der Waals surface area contributed by atoms with Crippen molar-refractivity contribution in [3.05, 3.63) is 59.7 Å². The van der Waals surface area contributed by atoms with Crippen molar-refractivity contribution in [3.8, 4) is 11.1 Å². The van der Waals surface area contributed by atoms with E-state index in [-0.39, 0.29) is 44.2 Å². The van der Waals surface area contributed by atoms with Gasteiger partial charge in [0.1, 0.15) is 12.6 Å². The number of amides is 2. The number of nitrogens with one attached hydrogen (secondary N) is 2. The Morgan fingerprint density at radius 1 is 1.00 bits per heavy atom. The number of hydrogen-bond donors (Lipinski definition) is 3. The van der Waals surface area contributed by atoms with Crippen molar-refractivity contribution in [2.24, 2.45) is 5.92 Å². The molecule has 3 N–H and O–H groups in total. The molecule has 1 aliphatic rings. The maximum Gasteiger partial charge on any atom is 0.407 e. The molecule has 0 bridgehead atoms. The molecule has 0 saturated carbocycles. The number of ether oxygens (including phenoxy) is 2. The Morgan fingerprint density at radius 2 is 1.60 bits per heavy atom. The Labute approximate surface area is 203 Å². The zero-order valence-corrected chi connectivity index (χ0v) is 19.8. The first-order valence-corrected chi connectivity index (χ1v) is 11.5. The lowest BCUT2D eigenvalue weighted by Gasteiger charge is -2.17. The molecule has 9 heteroatoms. The molecule has 3 rings (SSSR count). The molecule has 0 saturated heterocycles. The van der Waals surface area contributed by atoms with Gasteiger partial charge in [-0.3, -0.25) is 9.59 Å². The number of methoxy groups -OCH3 is 1. The van der Waals surface area contributed by atoms with Crippen LogP contribution in [0.3, 0.4) is 0 Å². The van der Waals surface area contributed by atoms with E-state index in [1.165, 1.54) is 7.11 Å². The first kappa shape index (κ1) is 25.7. The lowest BCUT2D eigenvalue weighted by Crippen LogP contribution is -2.42. The average molecular weight is 483 g/mol. The van der Waals surface area contributed by atoms with Crippen molar-refractivity contribution in [1.29, 1.82) is 0 Å². The Bertz CT molecular complexity index is 1040. The van der Waals surface area contributed by atoms with Crippen LogP contribution in [0.2, 0.25) is 0 Å². The van der Waals surface area contributed by atoms with Gasteiger partial charge < -0.3 is 25.2 Å². The van der Waals surface area contributed by atoms with E-state index in [0.717, 1.165) is 22.3 Å². The topological polar surface area (TPSA) is 131 Å². The van der Waals surface area contributed by atoms with Gasteiger partial charge in [-0.15, -0.1) is 0 Å². The fourth-order valence-electron chi connectivity index (χ4n) is 4.17. The van der Waals surface area contributed by atoms with Crippen molar-refractivity contribution in [1.82, 2.24) is 10.6 Å². The van der Waals surface area contributed by atoms with Crippen LogP contribution in [-0.4, -0.2) is 55.3 Å². The largest absolute Gasteiger partial charge is 0.480 e. The highest BCUT2D eigenvalue weighted by molar-refractivity contribution is 5.84. The first-order valence-electron chi connectivity index (χ1n) is 11.5. The zero-order valence-electron chi connectivity index (χ0n) is 19.8. The van der Waals surface area contributed by atoms with Crippen LogP contribution in [0.5, 0.6) is 0 Å². The molecule has 0 aromatic heterocycles. The number of esters is 1. The molecule has 0 fully saturated rings. The minimum Gasteiger partial charge on any atom is -0.480 e. The lowest BCUT2D eigenvalue weighted by atomic mass is 9.98. The highest BCUT2D eigenvalue weighted by Crippen LogP contribution is 2.44. The number of aliphatic carboxylic acids is 1. The van der Waals surface area contributed by atoms with Gasteiger partial charge in [-0.1, -0.05) is 55.5 Å². The molecule has 0 aliphatic heterocycles. The smallest absolute Gasteiger partial charge is 0.407 e. The second-order valence-corrected chi connectivity index (χ2v) is 8.59. The van der Waals surface area contributed by atoms with Crippen LogP contribution in [0.25, 0.3) is 11.1 Å². The van der Waals surface area contributed by atoms with E-state index < -0.39 is 30.0 Å². The van der Waals surface area contributed by atoms with Crippen LogP contribution in [0.15, 0.2) is 48.5 Å². The minimum absolute atomic E-state index is 0.00561. The van der Waals surface area contributed by atoms with Gasteiger partial charge in [0.15, 0.2) is 0 Å². The van der Waals surface area contributed by atoms with E-state index in [1.54, 1.807) is 6.92 Å². The summed E-state index contributed by atoms with van der Waals surface area (Å²) in [4.78, 5) is 47.1. The molecule has 0 radical (unpaired) electrons. The number of carboxylic acid groups (broad SMARTS) is 1. The zero-order chi connectivity index (χ0) is 25.4. The Hall–Kier alpha value is -3.88. The van der Waals surface area contributed by atoms with Crippen molar-refractivity contribution in [3.63, 3.8) is 0 Å². The number of fused-ring (bicyclic) bond motifs is 3. The standard InChI is InChI=1S/C26H30N2O7/c1-16(13-23(29)28-22(25(31)32)11-12-24(30)34-2)14-27-26(33)35-15-21-19-9-5-3-7-17(19)18-8-4-6-10-20(18)21/h3-10,16,21-22H,11-15H2,1-2H3,(H,27,33)(H,28,29)(H,31,32)/t16?,22-/m0/s1. The molecular formula is C26H30N2O7. The summed E-state index contributed by atoms with van der Waals surface area (Å²) in [5.74, 6) is -2.57. The number of alkyl carbamates (subject to hydrolysis) is 1. The van der Waals surface area contributed by atoms with Crippen LogP contribution in [0.1, 0.15) is 43.2 Å². The van der Waals surface area contributed by atoms with Crippen LogP contribution < -0.4 is 10.6 Å². The minimum atomic E-state index is -1.23. The highest BCUT2D eigenvalue weighted by atomic mass is 16.5. The predicted octanol–water partition coefficient (Wildman–Crippen LogP) is 3.07. The molecule has 2 atom stereocenters. The van der Waals surface area contributed by atoms with Crippen molar-refractivity contribution >= 4 is 23.9 Å². The number of benzene rings is 2. The van der Waals surface area contributed by atoms with Gasteiger partial charge >= 0.3 is 18.0 Å².